The van der Waals surface area contributed by atoms with Crippen LogP contribution in [0.15, 0.2) is 85.7 Å². The Hall–Kier alpha value is -10.4. The van der Waals surface area contributed by atoms with Crippen LogP contribution in [0.3, 0.4) is 0 Å². The molecule has 0 radical (unpaired) electrons. The number of hydrogen-bond donors (Lipinski definition) is 10. The first-order valence-electron chi connectivity index (χ1n) is 21.8. The summed E-state index contributed by atoms with van der Waals surface area (Å²) in [7, 11) is 0. The van der Waals surface area contributed by atoms with Crippen LogP contribution in [0.2, 0.25) is 10.3 Å². The largest absolute Gasteiger partial charge is 1.00 e. The normalized spacial score (nSPS) is 10.7. The molecule has 492 valence electrons. The van der Waals surface area contributed by atoms with Gasteiger partial charge in [-0.05, 0) is 48.0 Å². The van der Waals surface area contributed by atoms with Crippen LogP contribution < -0.4 is 69.7 Å². The van der Waals surface area contributed by atoms with Gasteiger partial charge in [0, 0.05) is 41.6 Å². The van der Waals surface area contributed by atoms with Crippen molar-refractivity contribution >= 4 is 121 Å². The Bertz CT molecular complexity index is 3840. The average Bonchev–Trinajstić information content (AvgIpc) is 1.31. The molecule has 30 nitrogen and oxygen atoms in total. The van der Waals surface area contributed by atoms with Crippen molar-refractivity contribution in [3.63, 3.8) is 0 Å². The molecular formula is C44H34Cl2F15N18NaO12. The number of nitrogens with one attached hydrogen (secondary N) is 3. The van der Waals surface area contributed by atoms with E-state index < -0.39 is 118 Å². The van der Waals surface area contributed by atoms with Gasteiger partial charge in [-0.3, -0.25) is 50.0 Å². The molecule has 1 amide bonds. The van der Waals surface area contributed by atoms with E-state index in [4.69, 9.17) is 68.3 Å². The van der Waals surface area contributed by atoms with Crippen LogP contribution in [0.1, 0.15) is 27.8 Å². The van der Waals surface area contributed by atoms with E-state index in [9.17, 15) is 111 Å². The fraction of sp³-hybridized carbons (Fsp3) is 0.114. The number of carbonyl (C=O) groups excluding carboxylic acids is 1. The number of carbonyl (C=O) groups is 2. The molecule has 3 aromatic heterocycles. The number of alkyl halides is 15. The maximum atomic E-state index is 12.6. The molecule has 8 aromatic rings. The summed E-state index contributed by atoms with van der Waals surface area (Å²) in [5, 5.41) is 49.6. The number of hydrogen-bond acceptors (Lipinski definition) is 21. The van der Waals surface area contributed by atoms with E-state index in [1.54, 1.807) is 0 Å². The van der Waals surface area contributed by atoms with Gasteiger partial charge in [0.1, 0.15) is 21.7 Å². The number of nitrogens with two attached hydrogens (primary N) is 5. The van der Waals surface area contributed by atoms with Gasteiger partial charge in [-0.25, -0.2) is 24.8 Å². The standard InChI is InChI=1S/C9H6F3N3O.C8H6F3N3.C7H2ClF3N2O4.C7H4F3N3O4.C7H8F3N3.C5H2ClN3.CH2O2.H3N.Na.H2O/c10-9(11,12)6-1-5(15-4-16)2-7-8(6)14-3-13-7;9-8(10,11)5-1-4(12)2-6-7(5)14-3-13-6;8-6-4(7(9,10)11)1-3(12(14)15)2-5(6)13(16)17;8-7(9,10)4-1-3(12(14)15)2-5(6(4)11)13(16)17;8-7(9,10)4-1-3(11)2-5(12)6(4)13;1-7-4-2-8-5(6)9-3-4;2-1-3;;;/h1-4H,(H,13,14)(H,15,16);1-3H,12H2,(H,13,14);1-2H;1-2H,11H2;1-2H,11-13H2;2-3H;1H,(H,2,3);1H3;;1H2/q;;;;;;;;+1;/p-1. The van der Waals surface area contributed by atoms with Gasteiger partial charge in [-0.2, -0.15) is 65.9 Å². The van der Waals surface area contributed by atoms with Crippen molar-refractivity contribution in [1.82, 2.24) is 36.1 Å². The Kier molecular flexibility index (Phi) is 31.4. The van der Waals surface area contributed by atoms with Crippen LogP contribution >= 0.6 is 23.2 Å². The number of imidazole rings is 2. The smallest absolute Gasteiger partial charge is 0.870 e. The van der Waals surface area contributed by atoms with Crippen LogP contribution in [0.25, 0.3) is 26.9 Å². The summed E-state index contributed by atoms with van der Waals surface area (Å²) < 4.78 is 186. The van der Waals surface area contributed by atoms with E-state index in [1.807, 2.05) is 0 Å². The second-order valence-electron chi connectivity index (χ2n) is 15.7. The quantitative estimate of drug-likeness (QED) is 0.0108. The van der Waals surface area contributed by atoms with Crippen molar-refractivity contribution in [2.75, 3.05) is 34.0 Å². The van der Waals surface area contributed by atoms with Crippen LogP contribution in [-0.2, 0) is 40.5 Å². The number of nitro groups is 4. The minimum absolute atomic E-state index is 0. The van der Waals surface area contributed by atoms with E-state index in [1.165, 1.54) is 43.2 Å². The van der Waals surface area contributed by atoms with E-state index in [2.05, 4.69) is 40.1 Å². The number of anilines is 6. The molecule has 0 unspecified atom stereocenters. The first-order chi connectivity index (χ1) is 40.8. The third-order valence-corrected chi connectivity index (χ3v) is 10.4. The maximum Gasteiger partial charge on any atom is 1.00 e. The van der Waals surface area contributed by atoms with Gasteiger partial charge in [-0.1, -0.05) is 11.6 Å². The Morgan fingerprint density at radius 1 is 0.543 bits per heavy atom. The number of nitrogens with zero attached hydrogens (tertiary/aromatic N) is 9. The monoisotopic (exact) mass is 1380 g/mol. The Balaban J connectivity index is 0. The number of benzene rings is 5. The zero-order valence-corrected chi connectivity index (χ0v) is 48.3. The van der Waals surface area contributed by atoms with Gasteiger partial charge in [-0.15, -0.1) is 0 Å². The number of rotatable bonds is 6. The average molecular weight is 1390 g/mol. The zero-order chi connectivity index (χ0) is 68.5. The molecule has 18 N–H and O–H groups in total. The number of halogens is 17. The van der Waals surface area contributed by atoms with Crippen LogP contribution in [-0.4, -0.2) is 73.1 Å². The molecule has 0 aliphatic heterocycles. The van der Waals surface area contributed by atoms with Crippen molar-refractivity contribution in [2.45, 2.75) is 30.9 Å². The van der Waals surface area contributed by atoms with Gasteiger partial charge in [0.05, 0.1) is 101 Å². The second-order valence-corrected chi connectivity index (χ2v) is 16.4. The van der Waals surface area contributed by atoms with Crippen LogP contribution in [0.5, 0.6) is 0 Å². The van der Waals surface area contributed by atoms with Crippen molar-refractivity contribution in [1.29, 1.82) is 0 Å². The van der Waals surface area contributed by atoms with Gasteiger partial charge in [0.2, 0.25) is 17.4 Å². The molecule has 92 heavy (non-hydrogen) atoms. The molecule has 0 saturated heterocycles. The molecule has 0 saturated carbocycles. The molecule has 0 atom stereocenters. The fourth-order valence-electron chi connectivity index (χ4n) is 6.16. The maximum absolute atomic E-state index is 12.6. The summed E-state index contributed by atoms with van der Waals surface area (Å²) in [6, 6.07) is 7.51. The third kappa shape index (κ3) is 24.2. The molecule has 3 heterocycles. The first kappa shape index (κ1) is 83.7. The number of aromatic nitrogens is 6. The third-order valence-electron chi connectivity index (χ3n) is 9.79. The van der Waals surface area contributed by atoms with Gasteiger partial charge in [0.15, 0.2) is 0 Å². The number of nitrogen functional groups attached to an aromatic ring is 5. The molecule has 0 spiro atoms. The molecule has 0 bridgehead atoms. The molecule has 8 rings (SSSR count). The van der Waals surface area contributed by atoms with E-state index in [0.717, 1.165) is 18.2 Å². The Morgan fingerprint density at radius 3 is 1.30 bits per heavy atom. The minimum atomic E-state index is -5.01. The molecule has 0 aliphatic carbocycles. The summed E-state index contributed by atoms with van der Waals surface area (Å²) in [6.07, 6.45) is -18.0. The van der Waals surface area contributed by atoms with Gasteiger partial charge in [0.25, 0.3) is 29.2 Å². The number of carboxylic acid groups (broad SMARTS) is 1. The van der Waals surface area contributed by atoms with Gasteiger partial charge < -0.3 is 60.7 Å². The number of non-ortho nitro benzene ring substituents is 2. The number of fused-ring (bicyclic) bond motifs is 2. The van der Waals surface area contributed by atoms with Gasteiger partial charge >= 0.3 is 60.4 Å². The summed E-state index contributed by atoms with van der Waals surface area (Å²) in [5.74, 6) is 0. The molecule has 0 fully saturated rings. The van der Waals surface area contributed by atoms with E-state index >= 15 is 0 Å². The van der Waals surface area contributed by atoms with Crippen molar-refractivity contribution in [3.8, 4) is 0 Å². The van der Waals surface area contributed by atoms with Crippen molar-refractivity contribution in [3.05, 3.63) is 176 Å². The SMILES string of the molecule is N.Nc1c([N+](=O)[O-])cc([N+](=O)[O-])cc1C(F)(F)F.Nc1cc(C(F)(F)F)c2nc[nH]c2c1.Nc1cc(N)c(N)c(C(F)(F)F)c1.O=CNc1cc(C(F)(F)F)c2nc[nH]c2c1.O=CO.O=[N+]([O-])c1cc([N+](=O)[O-])c(Cl)c(C(F)(F)F)c1.[C-]#[N+]c1cnc(Cl)nc1.[Na+].[OH-]. The summed E-state index contributed by atoms with van der Waals surface area (Å²) in [6.45, 7) is 6.27. The predicted octanol–water partition coefficient (Wildman–Crippen LogP) is 9.42. The summed E-state index contributed by atoms with van der Waals surface area (Å²) in [4.78, 5) is 77.9. The Morgan fingerprint density at radius 2 is 0.913 bits per heavy atom. The van der Waals surface area contributed by atoms with Crippen LogP contribution in [0, 0.1) is 47.0 Å². The van der Waals surface area contributed by atoms with E-state index in [-0.39, 0.29) is 110 Å². The minimum Gasteiger partial charge on any atom is -0.870 e. The molecule has 5 aromatic carbocycles. The van der Waals surface area contributed by atoms with Crippen LogP contribution in [0.4, 0.5) is 128 Å². The predicted molar refractivity (Wildman–Crippen MR) is 289 cm³/mol. The van der Waals surface area contributed by atoms with Crippen molar-refractivity contribution < 1.29 is 135 Å². The molecule has 48 heteroatoms. The number of nitro benzene ring substituents is 4. The second kappa shape index (κ2) is 34.5. The number of aromatic amines is 2. The van der Waals surface area contributed by atoms with E-state index in [0.29, 0.717) is 24.2 Å². The van der Waals surface area contributed by atoms with Crippen molar-refractivity contribution in [2.24, 2.45) is 0 Å². The first-order valence-corrected chi connectivity index (χ1v) is 22.6. The topological polar surface area (TPSA) is 522 Å². The molecule has 0 aliphatic rings. The Labute approximate surface area is 530 Å². The molecular weight excluding hydrogens is 1350 g/mol. The number of amides is 1. The summed E-state index contributed by atoms with van der Waals surface area (Å²) >= 11 is 10.5. The fourth-order valence-corrected chi connectivity index (χ4v) is 6.54. The number of H-pyrrole nitrogens is 2. The summed E-state index contributed by atoms with van der Waals surface area (Å²) in [5.41, 5.74) is 14.5. The zero-order valence-electron chi connectivity index (χ0n) is 44.8.